The third kappa shape index (κ3) is 4.13. The molecule has 0 radical (unpaired) electrons. The molecule has 1 saturated carbocycles. The van der Waals surface area contributed by atoms with E-state index in [-0.39, 0.29) is 24.4 Å². The summed E-state index contributed by atoms with van der Waals surface area (Å²) < 4.78 is 6.13. The van der Waals surface area contributed by atoms with Crippen LogP contribution in [0.2, 0.25) is 10.0 Å². The minimum Gasteiger partial charge on any atom is -0.481 e. The van der Waals surface area contributed by atoms with Crippen LogP contribution in [0.5, 0.6) is 0 Å². The molecule has 0 bridgehead atoms. The minimum absolute atomic E-state index is 0.0741. The molecule has 1 aliphatic carbocycles. The molecule has 7 heteroatoms. The molecular formula is C22H21Cl2NO4. The van der Waals surface area contributed by atoms with Gasteiger partial charge in [-0.15, -0.1) is 0 Å². The Hall–Kier alpha value is -2.08. The summed E-state index contributed by atoms with van der Waals surface area (Å²) in [7, 11) is 0. The van der Waals surface area contributed by atoms with Crippen molar-refractivity contribution >= 4 is 35.1 Å². The number of carbonyl (C=O) groups excluding carboxylic acids is 1. The molecule has 5 nitrogen and oxygen atoms in total. The molecule has 4 rings (SSSR count). The number of amides is 1. The summed E-state index contributed by atoms with van der Waals surface area (Å²) in [6.07, 6.45) is 0.925. The van der Waals surface area contributed by atoms with Gasteiger partial charge in [0.2, 0.25) is 0 Å². The van der Waals surface area contributed by atoms with Gasteiger partial charge in [0.05, 0.1) is 12.5 Å². The number of carboxylic acids is 1. The molecule has 0 unspecified atom stereocenters. The first-order valence-corrected chi connectivity index (χ1v) is 10.4. The highest BCUT2D eigenvalue weighted by Gasteiger charge is 2.48. The van der Waals surface area contributed by atoms with Crippen molar-refractivity contribution in [2.24, 2.45) is 0 Å². The van der Waals surface area contributed by atoms with Gasteiger partial charge in [-0.25, -0.2) is 0 Å². The first-order chi connectivity index (χ1) is 13.9. The molecule has 29 heavy (non-hydrogen) atoms. The van der Waals surface area contributed by atoms with Gasteiger partial charge in [-0.2, -0.15) is 0 Å². The highest BCUT2D eigenvalue weighted by Crippen LogP contribution is 2.46. The first-order valence-electron chi connectivity index (χ1n) is 9.64. The van der Waals surface area contributed by atoms with Crippen LogP contribution in [-0.4, -0.2) is 34.0 Å². The molecule has 0 aromatic heterocycles. The summed E-state index contributed by atoms with van der Waals surface area (Å²) in [5.74, 6) is -1.33. The lowest BCUT2D eigenvalue weighted by Crippen LogP contribution is -2.56. The largest absolute Gasteiger partial charge is 0.481 e. The number of nitrogens with zero attached hydrogens (tertiary/aromatic N) is 1. The number of aliphatic carboxylic acids is 1. The number of hydrogen-bond acceptors (Lipinski definition) is 3. The van der Waals surface area contributed by atoms with E-state index in [4.69, 9.17) is 27.9 Å². The quantitative estimate of drug-likeness (QED) is 0.717. The van der Waals surface area contributed by atoms with Crippen LogP contribution in [0.4, 0.5) is 0 Å². The Balaban J connectivity index is 1.81. The lowest BCUT2D eigenvalue weighted by atomic mass is 9.84. The van der Waals surface area contributed by atoms with Crippen LogP contribution in [-0.2, 0) is 14.3 Å². The monoisotopic (exact) mass is 433 g/mol. The predicted octanol–water partition coefficient (Wildman–Crippen LogP) is 5.03. The fourth-order valence-corrected chi connectivity index (χ4v) is 4.39. The zero-order valence-electron chi connectivity index (χ0n) is 15.6. The maximum atomic E-state index is 13.3. The summed E-state index contributed by atoms with van der Waals surface area (Å²) in [4.78, 5) is 26.5. The average Bonchev–Trinajstić information content (AvgIpc) is 2.64. The smallest absolute Gasteiger partial charge is 0.306 e. The number of carboxylic acid groups (broad SMARTS) is 1. The van der Waals surface area contributed by atoms with Crippen molar-refractivity contribution in [3.63, 3.8) is 0 Å². The van der Waals surface area contributed by atoms with Gasteiger partial charge in [-0.1, -0.05) is 47.5 Å². The molecule has 152 valence electrons. The number of ether oxygens (including phenoxy) is 1. The molecule has 1 amide bonds. The van der Waals surface area contributed by atoms with Crippen molar-refractivity contribution in [1.82, 2.24) is 4.90 Å². The molecule has 2 aromatic carbocycles. The van der Waals surface area contributed by atoms with E-state index in [9.17, 15) is 14.7 Å². The van der Waals surface area contributed by atoms with Crippen LogP contribution in [0.25, 0.3) is 0 Å². The number of benzene rings is 2. The fraction of sp³-hybridized carbons (Fsp3) is 0.364. The van der Waals surface area contributed by atoms with Crippen molar-refractivity contribution < 1.29 is 19.4 Å². The zero-order chi connectivity index (χ0) is 20.5. The summed E-state index contributed by atoms with van der Waals surface area (Å²) in [6, 6.07) is 14.4. The van der Waals surface area contributed by atoms with Gasteiger partial charge in [0.1, 0.15) is 12.2 Å². The molecular weight excluding hydrogens is 413 g/mol. The van der Waals surface area contributed by atoms with Crippen LogP contribution < -0.4 is 0 Å². The van der Waals surface area contributed by atoms with E-state index in [1.807, 2.05) is 35.2 Å². The number of hydrogen-bond donors (Lipinski definition) is 1. The van der Waals surface area contributed by atoms with E-state index in [0.29, 0.717) is 10.0 Å². The van der Waals surface area contributed by atoms with Gasteiger partial charge in [0.25, 0.3) is 5.91 Å². The number of carbonyl (C=O) groups is 2. The summed E-state index contributed by atoms with van der Waals surface area (Å²) in [5, 5.41) is 10.5. The number of rotatable bonds is 5. The Kier molecular flexibility index (Phi) is 5.81. The fourth-order valence-electron chi connectivity index (χ4n) is 4.06. The highest BCUT2D eigenvalue weighted by molar-refractivity contribution is 6.30. The van der Waals surface area contributed by atoms with Gasteiger partial charge < -0.3 is 14.7 Å². The van der Waals surface area contributed by atoms with Gasteiger partial charge in [-0.3, -0.25) is 9.59 Å². The van der Waals surface area contributed by atoms with E-state index in [0.717, 1.165) is 30.4 Å². The first kappa shape index (κ1) is 20.2. The Labute approximate surface area is 179 Å². The second kappa shape index (κ2) is 8.34. The third-order valence-electron chi connectivity index (χ3n) is 5.64. The minimum atomic E-state index is -1.06. The highest BCUT2D eigenvalue weighted by atomic mass is 35.5. The summed E-state index contributed by atoms with van der Waals surface area (Å²) in [5.41, 5.74) is 1.71. The molecule has 2 fully saturated rings. The normalized spacial score (nSPS) is 25.0. The molecule has 1 heterocycles. The topological polar surface area (TPSA) is 66.8 Å². The van der Waals surface area contributed by atoms with Gasteiger partial charge >= 0.3 is 5.97 Å². The van der Waals surface area contributed by atoms with Crippen molar-refractivity contribution in [2.45, 2.75) is 50.0 Å². The van der Waals surface area contributed by atoms with E-state index in [1.165, 1.54) is 0 Å². The Morgan fingerprint density at radius 1 is 1.07 bits per heavy atom. The summed E-state index contributed by atoms with van der Waals surface area (Å²) >= 11 is 12.3. The Morgan fingerprint density at radius 3 is 2.38 bits per heavy atom. The maximum Gasteiger partial charge on any atom is 0.306 e. The molecule has 1 aliphatic heterocycles. The molecule has 2 aliphatic rings. The van der Waals surface area contributed by atoms with Gasteiger partial charge in [-0.05, 0) is 54.7 Å². The maximum absolute atomic E-state index is 13.3. The lowest BCUT2D eigenvalue weighted by molar-refractivity contribution is -0.186. The predicted molar refractivity (Wildman–Crippen MR) is 110 cm³/mol. The second-order valence-electron chi connectivity index (χ2n) is 7.52. The van der Waals surface area contributed by atoms with E-state index >= 15 is 0 Å². The summed E-state index contributed by atoms with van der Waals surface area (Å²) in [6.45, 7) is 0. The number of morpholine rings is 1. The molecule has 3 atom stereocenters. The van der Waals surface area contributed by atoms with Crippen LogP contribution in [0.3, 0.4) is 0 Å². The van der Waals surface area contributed by atoms with Gasteiger partial charge in [0, 0.05) is 16.1 Å². The molecule has 0 spiro atoms. The van der Waals surface area contributed by atoms with Crippen LogP contribution >= 0.6 is 23.2 Å². The standard InChI is InChI=1S/C22H21Cl2NO4/c23-15-9-7-13(8-10-15)20-21(14-3-1-4-16(24)11-14)29-18(12-19(26)27)22(28)25(20)17-5-2-6-17/h1,3-4,7-11,17-18,20-21H,2,5-6,12H2,(H,26,27)/t18-,20+,21+/m0/s1. The second-order valence-corrected chi connectivity index (χ2v) is 8.40. The van der Waals surface area contributed by atoms with E-state index in [2.05, 4.69) is 0 Å². The average molecular weight is 434 g/mol. The molecule has 1 saturated heterocycles. The van der Waals surface area contributed by atoms with Crippen LogP contribution in [0.15, 0.2) is 48.5 Å². The molecule has 1 N–H and O–H groups in total. The van der Waals surface area contributed by atoms with Gasteiger partial charge in [0.15, 0.2) is 0 Å². The SMILES string of the molecule is O=C(O)C[C@@H]1O[C@H](c2cccc(Cl)c2)[C@@H](c2ccc(Cl)cc2)N(C2CCC2)C1=O. The Morgan fingerprint density at radius 2 is 1.79 bits per heavy atom. The zero-order valence-corrected chi connectivity index (χ0v) is 17.1. The van der Waals surface area contributed by atoms with Crippen molar-refractivity contribution in [2.75, 3.05) is 0 Å². The van der Waals surface area contributed by atoms with Crippen LogP contribution in [0, 0.1) is 0 Å². The van der Waals surface area contributed by atoms with Crippen molar-refractivity contribution in [3.8, 4) is 0 Å². The Bertz CT molecular complexity index is 913. The number of halogens is 2. The van der Waals surface area contributed by atoms with Crippen molar-refractivity contribution in [1.29, 1.82) is 0 Å². The van der Waals surface area contributed by atoms with E-state index < -0.39 is 18.2 Å². The van der Waals surface area contributed by atoms with Crippen molar-refractivity contribution in [3.05, 3.63) is 69.7 Å². The third-order valence-corrected chi connectivity index (χ3v) is 6.13. The molecule has 2 aromatic rings. The lowest BCUT2D eigenvalue weighted by Gasteiger charge is -2.50. The van der Waals surface area contributed by atoms with Crippen LogP contribution in [0.1, 0.15) is 49.0 Å². The van der Waals surface area contributed by atoms with E-state index in [1.54, 1.807) is 18.2 Å².